The van der Waals surface area contributed by atoms with Gasteiger partial charge in [-0.25, -0.2) is 0 Å². The van der Waals surface area contributed by atoms with Gasteiger partial charge in [0.25, 0.3) is 0 Å². The van der Waals surface area contributed by atoms with Crippen LogP contribution >= 0.6 is 0 Å². The van der Waals surface area contributed by atoms with E-state index in [4.69, 9.17) is 9.47 Å². The van der Waals surface area contributed by atoms with E-state index in [2.05, 4.69) is 32.0 Å². The zero-order chi connectivity index (χ0) is 23.8. The van der Waals surface area contributed by atoms with Crippen LogP contribution in [0.5, 0.6) is 5.75 Å². The molecule has 2 bridgehead atoms. The second-order valence-electron chi connectivity index (χ2n) is 12.2. The maximum absolute atomic E-state index is 13.0. The van der Waals surface area contributed by atoms with Crippen molar-refractivity contribution in [2.75, 3.05) is 7.11 Å². The van der Waals surface area contributed by atoms with E-state index in [0.29, 0.717) is 17.8 Å². The molecule has 4 aliphatic rings. The zero-order valence-electron chi connectivity index (χ0n) is 21.9. The molecule has 0 spiro atoms. The van der Waals surface area contributed by atoms with Crippen molar-refractivity contribution in [3.63, 3.8) is 0 Å². The summed E-state index contributed by atoms with van der Waals surface area (Å²) in [6.07, 6.45) is 18.9. The van der Waals surface area contributed by atoms with Crippen LogP contribution in [0.2, 0.25) is 0 Å². The Hall–Kier alpha value is -1.51. The fraction of sp³-hybridized carbons (Fsp3) is 0.774. The van der Waals surface area contributed by atoms with Crippen molar-refractivity contribution in [2.24, 2.45) is 16.7 Å². The van der Waals surface area contributed by atoms with Gasteiger partial charge in [0.15, 0.2) is 0 Å². The molecule has 3 saturated carbocycles. The van der Waals surface area contributed by atoms with Crippen molar-refractivity contribution in [1.82, 2.24) is 0 Å². The van der Waals surface area contributed by atoms with Crippen LogP contribution in [-0.2, 0) is 16.0 Å². The van der Waals surface area contributed by atoms with E-state index in [0.717, 1.165) is 37.4 Å². The molecular formula is C31H46O3. The SMILES string of the molecule is CCCCCCCCCC(=O)OC12CCC3(CC1)[C@@H]1CCc4cc(OC)ccc4[C@H]1CC[C@]23C. The quantitative estimate of drug-likeness (QED) is 0.258. The molecule has 0 saturated heterocycles. The number of esters is 1. The number of rotatable bonds is 10. The zero-order valence-corrected chi connectivity index (χ0v) is 21.9. The topological polar surface area (TPSA) is 35.5 Å². The molecule has 3 heteroatoms. The first-order chi connectivity index (χ1) is 16.5. The number of benzene rings is 1. The van der Waals surface area contributed by atoms with Crippen molar-refractivity contribution in [3.05, 3.63) is 29.3 Å². The molecule has 1 aromatic rings. The van der Waals surface area contributed by atoms with Crippen molar-refractivity contribution in [1.29, 1.82) is 0 Å². The highest BCUT2D eigenvalue weighted by Crippen LogP contribution is 2.78. The fourth-order valence-electron chi connectivity index (χ4n) is 9.10. The second-order valence-corrected chi connectivity index (χ2v) is 12.2. The lowest BCUT2D eigenvalue weighted by atomic mass is 9.48. The van der Waals surface area contributed by atoms with E-state index in [1.54, 1.807) is 12.7 Å². The van der Waals surface area contributed by atoms with E-state index in [1.165, 1.54) is 76.2 Å². The summed E-state index contributed by atoms with van der Waals surface area (Å²) in [6.45, 7) is 4.77. The number of carbonyl (C=O) groups excluding carboxylic acids is 1. The molecule has 3 nitrogen and oxygen atoms in total. The van der Waals surface area contributed by atoms with Crippen molar-refractivity contribution >= 4 is 5.97 Å². The van der Waals surface area contributed by atoms with E-state index in [-0.39, 0.29) is 17.0 Å². The summed E-state index contributed by atoms with van der Waals surface area (Å²) in [5.74, 6) is 2.47. The molecule has 5 rings (SSSR count). The van der Waals surface area contributed by atoms with Crippen molar-refractivity contribution < 1.29 is 14.3 Å². The minimum absolute atomic E-state index is 0.0793. The molecule has 1 aromatic carbocycles. The molecular weight excluding hydrogens is 420 g/mol. The molecule has 0 radical (unpaired) electrons. The molecule has 0 unspecified atom stereocenters. The first kappa shape index (κ1) is 24.2. The molecule has 0 aromatic heterocycles. The van der Waals surface area contributed by atoms with Gasteiger partial charge < -0.3 is 9.47 Å². The van der Waals surface area contributed by atoms with Crippen LogP contribution in [0.4, 0.5) is 0 Å². The molecule has 34 heavy (non-hydrogen) atoms. The number of unbranched alkanes of at least 4 members (excludes halogenated alkanes) is 6. The van der Waals surface area contributed by atoms with Crippen LogP contribution in [0.1, 0.15) is 127 Å². The molecule has 0 aliphatic heterocycles. The molecule has 0 N–H and O–H groups in total. The lowest BCUT2D eigenvalue weighted by Gasteiger charge is -2.57. The summed E-state index contributed by atoms with van der Waals surface area (Å²) >= 11 is 0. The third-order valence-corrected chi connectivity index (χ3v) is 11.0. The number of aryl methyl sites for hydroxylation is 1. The second kappa shape index (κ2) is 9.51. The minimum atomic E-state index is -0.198. The van der Waals surface area contributed by atoms with Crippen LogP contribution in [0.25, 0.3) is 0 Å². The van der Waals surface area contributed by atoms with Gasteiger partial charge >= 0.3 is 5.97 Å². The highest BCUT2D eigenvalue weighted by molar-refractivity contribution is 5.70. The summed E-state index contributed by atoms with van der Waals surface area (Å²) in [5.41, 5.74) is 3.39. The summed E-state index contributed by atoms with van der Waals surface area (Å²) in [5, 5.41) is 0. The Labute approximate surface area is 207 Å². The van der Waals surface area contributed by atoms with Gasteiger partial charge in [-0.2, -0.15) is 0 Å². The molecule has 0 heterocycles. The van der Waals surface area contributed by atoms with Gasteiger partial charge in [0.1, 0.15) is 11.4 Å². The number of methoxy groups -OCH3 is 1. The number of fused-ring (bicyclic) bond motifs is 3. The van der Waals surface area contributed by atoms with E-state index < -0.39 is 0 Å². The molecule has 3 fully saturated rings. The monoisotopic (exact) mass is 466 g/mol. The van der Waals surface area contributed by atoms with E-state index in [9.17, 15) is 4.79 Å². The average molecular weight is 467 g/mol. The van der Waals surface area contributed by atoms with Crippen LogP contribution in [0, 0.1) is 16.7 Å². The van der Waals surface area contributed by atoms with Gasteiger partial charge in [0.05, 0.1) is 7.11 Å². The van der Waals surface area contributed by atoms with Crippen LogP contribution in [0.15, 0.2) is 18.2 Å². The Balaban J connectivity index is 1.25. The van der Waals surface area contributed by atoms with Gasteiger partial charge in [-0.15, -0.1) is 0 Å². The lowest BCUT2D eigenvalue weighted by molar-refractivity contribution is -0.176. The predicted molar refractivity (Wildman–Crippen MR) is 137 cm³/mol. The van der Waals surface area contributed by atoms with E-state index >= 15 is 0 Å². The van der Waals surface area contributed by atoms with Crippen molar-refractivity contribution in [3.8, 4) is 5.75 Å². The Morgan fingerprint density at radius 2 is 1.71 bits per heavy atom. The standard InChI is InChI=1S/C31H46O3/c1-4-5-6-7-8-9-10-11-28(32)34-31-20-18-30(19-21-31)27-15-12-23-22-24(33-3)13-14-25(23)26(27)16-17-29(30,31)2/h13-14,22,26-27H,4-12,15-21H2,1-3H3/t26-,27-,29+,30?,31?/m1/s1. The maximum atomic E-state index is 13.0. The summed E-state index contributed by atoms with van der Waals surface area (Å²) in [6, 6.07) is 6.78. The summed E-state index contributed by atoms with van der Waals surface area (Å²) in [7, 11) is 1.77. The minimum Gasteiger partial charge on any atom is -0.497 e. The Morgan fingerprint density at radius 3 is 2.44 bits per heavy atom. The van der Waals surface area contributed by atoms with Gasteiger partial charge in [-0.3, -0.25) is 4.79 Å². The van der Waals surface area contributed by atoms with Crippen LogP contribution in [0.3, 0.4) is 0 Å². The fourth-order valence-corrected chi connectivity index (χ4v) is 9.10. The Kier molecular flexibility index (Phi) is 6.77. The average Bonchev–Trinajstić information content (AvgIpc) is 3.25. The Bertz CT molecular complexity index is 881. The van der Waals surface area contributed by atoms with Crippen LogP contribution < -0.4 is 4.74 Å². The number of carbonyl (C=O) groups is 1. The molecule has 188 valence electrons. The third kappa shape index (κ3) is 3.71. The molecule has 4 aliphatic carbocycles. The predicted octanol–water partition coefficient (Wildman–Crippen LogP) is 8.14. The van der Waals surface area contributed by atoms with E-state index in [1.807, 2.05) is 0 Å². The first-order valence-electron chi connectivity index (χ1n) is 14.4. The van der Waals surface area contributed by atoms with Gasteiger partial charge in [0, 0.05) is 11.8 Å². The highest BCUT2D eigenvalue weighted by Gasteiger charge is 2.75. The first-order valence-corrected chi connectivity index (χ1v) is 14.4. The maximum Gasteiger partial charge on any atom is 0.306 e. The Morgan fingerprint density at radius 1 is 0.971 bits per heavy atom. The smallest absolute Gasteiger partial charge is 0.306 e. The summed E-state index contributed by atoms with van der Waals surface area (Å²) < 4.78 is 12.0. The van der Waals surface area contributed by atoms with Gasteiger partial charge in [-0.1, -0.05) is 58.4 Å². The highest BCUT2D eigenvalue weighted by atomic mass is 16.6. The van der Waals surface area contributed by atoms with Gasteiger partial charge in [0.2, 0.25) is 0 Å². The molecule has 3 atom stereocenters. The normalized spacial score (nSPS) is 35.4. The third-order valence-electron chi connectivity index (χ3n) is 11.0. The number of hydrogen-bond donors (Lipinski definition) is 0. The van der Waals surface area contributed by atoms with Crippen LogP contribution in [-0.4, -0.2) is 18.7 Å². The van der Waals surface area contributed by atoms with Crippen molar-refractivity contribution in [2.45, 2.75) is 128 Å². The number of ether oxygens (including phenoxy) is 2. The number of hydrogen-bond acceptors (Lipinski definition) is 3. The largest absolute Gasteiger partial charge is 0.497 e. The van der Waals surface area contributed by atoms with Gasteiger partial charge in [-0.05, 0) is 98.3 Å². The lowest BCUT2D eigenvalue weighted by Crippen LogP contribution is -2.53. The molecule has 0 amide bonds. The summed E-state index contributed by atoms with van der Waals surface area (Å²) in [4.78, 5) is 13.0.